The minimum Gasteiger partial charge on any atom is -0.314 e. The van der Waals surface area contributed by atoms with Crippen LogP contribution in [0.1, 0.15) is 32.6 Å². The number of likely N-dealkylation sites (tertiary alicyclic amines) is 1. The van der Waals surface area contributed by atoms with E-state index in [0.717, 1.165) is 12.0 Å². The molecule has 1 saturated carbocycles. The van der Waals surface area contributed by atoms with Gasteiger partial charge in [0.25, 0.3) is 0 Å². The molecule has 2 unspecified atom stereocenters. The van der Waals surface area contributed by atoms with E-state index in [0.29, 0.717) is 6.04 Å². The van der Waals surface area contributed by atoms with E-state index >= 15 is 0 Å². The Bertz CT molecular complexity index is 211. The van der Waals surface area contributed by atoms with Crippen LogP contribution in [-0.2, 0) is 0 Å². The zero-order valence-electron chi connectivity index (χ0n) is 9.91. The van der Waals surface area contributed by atoms with Crippen molar-refractivity contribution in [2.45, 2.75) is 44.7 Å². The summed E-state index contributed by atoms with van der Waals surface area (Å²) < 4.78 is 0. The lowest BCUT2D eigenvalue weighted by Gasteiger charge is -2.35. The highest BCUT2D eigenvalue weighted by atomic mass is 15.2. The Kier molecular flexibility index (Phi) is 3.81. The first-order chi connectivity index (χ1) is 7.29. The average Bonchev–Trinajstić information content (AvgIpc) is 3.09. The number of hydrogen-bond acceptors (Lipinski definition) is 2. The van der Waals surface area contributed by atoms with Gasteiger partial charge in [-0.15, -0.1) is 6.58 Å². The fourth-order valence-electron chi connectivity index (χ4n) is 2.40. The highest BCUT2D eigenvalue weighted by Gasteiger charge is 2.25. The average molecular weight is 208 g/mol. The van der Waals surface area contributed by atoms with Crippen LogP contribution in [-0.4, -0.2) is 36.6 Å². The molecule has 0 aromatic rings. The second kappa shape index (κ2) is 5.13. The molecule has 0 spiro atoms. The van der Waals surface area contributed by atoms with E-state index < -0.39 is 0 Å². The molecular weight excluding hydrogens is 184 g/mol. The molecule has 2 heteroatoms. The van der Waals surface area contributed by atoms with E-state index in [4.69, 9.17) is 0 Å². The van der Waals surface area contributed by atoms with Crippen LogP contribution in [0.15, 0.2) is 12.7 Å². The number of hydrogen-bond donors (Lipinski definition) is 1. The summed E-state index contributed by atoms with van der Waals surface area (Å²) >= 11 is 0. The van der Waals surface area contributed by atoms with Crippen LogP contribution in [0.2, 0.25) is 0 Å². The molecule has 0 aromatic carbocycles. The van der Waals surface area contributed by atoms with Crippen LogP contribution in [0.5, 0.6) is 0 Å². The van der Waals surface area contributed by atoms with E-state index in [9.17, 15) is 0 Å². The summed E-state index contributed by atoms with van der Waals surface area (Å²) in [6, 6.07) is 1.41. The first-order valence-corrected chi connectivity index (χ1v) is 6.39. The minimum absolute atomic E-state index is 0.550. The van der Waals surface area contributed by atoms with Crippen LogP contribution >= 0.6 is 0 Å². The monoisotopic (exact) mass is 208 g/mol. The molecule has 0 aromatic heterocycles. The van der Waals surface area contributed by atoms with Gasteiger partial charge >= 0.3 is 0 Å². The zero-order valence-corrected chi connectivity index (χ0v) is 9.91. The van der Waals surface area contributed by atoms with E-state index in [-0.39, 0.29) is 0 Å². The summed E-state index contributed by atoms with van der Waals surface area (Å²) in [5, 5.41) is 3.65. The van der Waals surface area contributed by atoms with Gasteiger partial charge in [-0.3, -0.25) is 4.90 Å². The molecule has 2 fully saturated rings. The van der Waals surface area contributed by atoms with E-state index in [1.54, 1.807) is 0 Å². The molecule has 2 aliphatic rings. The van der Waals surface area contributed by atoms with Crippen molar-refractivity contribution in [3.05, 3.63) is 12.7 Å². The van der Waals surface area contributed by atoms with E-state index in [1.807, 2.05) is 0 Å². The molecule has 1 heterocycles. The first-order valence-electron chi connectivity index (χ1n) is 6.39. The van der Waals surface area contributed by atoms with Crippen LogP contribution in [0.4, 0.5) is 0 Å². The quantitative estimate of drug-likeness (QED) is 0.695. The summed E-state index contributed by atoms with van der Waals surface area (Å²) in [4.78, 5) is 2.57. The van der Waals surface area contributed by atoms with Crippen molar-refractivity contribution in [3.8, 4) is 0 Å². The number of nitrogens with one attached hydrogen (secondary N) is 1. The Morgan fingerprint density at radius 2 is 2.27 bits per heavy atom. The zero-order chi connectivity index (χ0) is 10.7. The van der Waals surface area contributed by atoms with Crippen molar-refractivity contribution in [2.24, 2.45) is 5.92 Å². The lowest BCUT2D eigenvalue weighted by Crippen LogP contribution is -2.43. The van der Waals surface area contributed by atoms with Gasteiger partial charge in [-0.05, 0) is 51.6 Å². The Hall–Kier alpha value is -0.340. The van der Waals surface area contributed by atoms with Gasteiger partial charge in [0.1, 0.15) is 0 Å². The van der Waals surface area contributed by atoms with Crippen molar-refractivity contribution in [1.29, 1.82) is 0 Å². The van der Waals surface area contributed by atoms with Gasteiger partial charge in [0.2, 0.25) is 0 Å². The molecule has 2 atom stereocenters. The highest BCUT2D eigenvalue weighted by Crippen LogP contribution is 2.22. The van der Waals surface area contributed by atoms with Gasteiger partial charge in [0.15, 0.2) is 0 Å². The van der Waals surface area contributed by atoms with Gasteiger partial charge in [0.05, 0.1) is 0 Å². The SMILES string of the molecule is C=CC(C)N1CCCC(CNC2CC2)C1. The molecule has 15 heavy (non-hydrogen) atoms. The van der Waals surface area contributed by atoms with Gasteiger partial charge in [-0.25, -0.2) is 0 Å². The molecule has 1 saturated heterocycles. The Morgan fingerprint density at radius 3 is 2.93 bits per heavy atom. The van der Waals surface area contributed by atoms with Gasteiger partial charge in [-0.2, -0.15) is 0 Å². The van der Waals surface area contributed by atoms with Gasteiger partial charge in [0, 0.05) is 18.6 Å². The third kappa shape index (κ3) is 3.32. The predicted molar refractivity (Wildman–Crippen MR) is 65.0 cm³/mol. The Morgan fingerprint density at radius 1 is 1.47 bits per heavy atom. The van der Waals surface area contributed by atoms with Crippen LogP contribution in [0.3, 0.4) is 0 Å². The van der Waals surface area contributed by atoms with Crippen LogP contribution in [0.25, 0.3) is 0 Å². The van der Waals surface area contributed by atoms with E-state index in [1.165, 1.54) is 45.3 Å². The molecule has 0 amide bonds. The van der Waals surface area contributed by atoms with Gasteiger partial charge in [-0.1, -0.05) is 6.08 Å². The van der Waals surface area contributed by atoms with Crippen molar-refractivity contribution in [3.63, 3.8) is 0 Å². The minimum atomic E-state index is 0.550. The third-order valence-electron chi connectivity index (χ3n) is 3.74. The molecule has 1 aliphatic carbocycles. The summed E-state index contributed by atoms with van der Waals surface area (Å²) in [6.45, 7) is 9.88. The maximum atomic E-state index is 3.89. The highest BCUT2D eigenvalue weighted by molar-refractivity contribution is 4.89. The fourth-order valence-corrected chi connectivity index (χ4v) is 2.40. The molecular formula is C13H24N2. The first kappa shape index (κ1) is 11.2. The lowest BCUT2D eigenvalue weighted by atomic mass is 9.97. The topological polar surface area (TPSA) is 15.3 Å². The fraction of sp³-hybridized carbons (Fsp3) is 0.846. The summed E-state index contributed by atoms with van der Waals surface area (Å²) in [7, 11) is 0. The normalized spacial score (nSPS) is 30.1. The number of piperidine rings is 1. The molecule has 1 aliphatic heterocycles. The lowest BCUT2D eigenvalue weighted by molar-refractivity contribution is 0.151. The number of rotatable bonds is 5. The summed E-state index contributed by atoms with van der Waals surface area (Å²) in [5.74, 6) is 0.863. The summed E-state index contributed by atoms with van der Waals surface area (Å²) in [6.07, 6.45) is 7.63. The maximum Gasteiger partial charge on any atom is 0.0247 e. The van der Waals surface area contributed by atoms with Crippen LogP contribution < -0.4 is 5.32 Å². The predicted octanol–water partition coefficient (Wildman–Crippen LogP) is 2.02. The molecule has 1 N–H and O–H groups in total. The maximum absolute atomic E-state index is 3.89. The smallest absolute Gasteiger partial charge is 0.0247 e. The Labute approximate surface area is 93.7 Å². The molecule has 2 rings (SSSR count). The van der Waals surface area contributed by atoms with Crippen molar-refractivity contribution in [2.75, 3.05) is 19.6 Å². The number of nitrogens with zero attached hydrogens (tertiary/aromatic N) is 1. The van der Waals surface area contributed by atoms with Crippen LogP contribution in [0, 0.1) is 5.92 Å². The standard InChI is InChI=1S/C13H24N2/c1-3-11(2)15-8-4-5-12(10-15)9-14-13-6-7-13/h3,11-14H,1,4-10H2,2H3. The van der Waals surface area contributed by atoms with Gasteiger partial charge < -0.3 is 5.32 Å². The van der Waals surface area contributed by atoms with Crippen molar-refractivity contribution >= 4 is 0 Å². The molecule has 86 valence electrons. The Balaban J connectivity index is 1.72. The van der Waals surface area contributed by atoms with Crippen molar-refractivity contribution in [1.82, 2.24) is 10.2 Å². The third-order valence-corrected chi connectivity index (χ3v) is 3.74. The molecule has 0 bridgehead atoms. The summed E-state index contributed by atoms with van der Waals surface area (Å²) in [5.41, 5.74) is 0. The largest absolute Gasteiger partial charge is 0.314 e. The second-order valence-corrected chi connectivity index (χ2v) is 5.16. The second-order valence-electron chi connectivity index (χ2n) is 5.16. The van der Waals surface area contributed by atoms with E-state index in [2.05, 4.69) is 29.8 Å². The molecule has 0 radical (unpaired) electrons. The van der Waals surface area contributed by atoms with Crippen molar-refractivity contribution < 1.29 is 0 Å². The molecule has 2 nitrogen and oxygen atoms in total.